The highest BCUT2D eigenvalue weighted by molar-refractivity contribution is 6.10. The molecule has 3 aromatic heterocycles. The lowest BCUT2D eigenvalue weighted by atomic mass is 9.79. The van der Waals surface area contributed by atoms with Gasteiger partial charge in [-0.3, -0.25) is 10.1 Å². The molecular formula is C31H26N6. The second kappa shape index (κ2) is 9.03. The van der Waals surface area contributed by atoms with Crippen molar-refractivity contribution in [3.8, 4) is 17.2 Å². The van der Waals surface area contributed by atoms with Crippen LogP contribution in [-0.4, -0.2) is 20.2 Å². The molecule has 6 heteroatoms. The molecule has 2 N–H and O–H groups in total. The summed E-state index contributed by atoms with van der Waals surface area (Å²) in [4.78, 5) is 9.04. The number of H-pyrrole nitrogens is 1. The van der Waals surface area contributed by atoms with E-state index in [-0.39, 0.29) is 0 Å². The Kier molecular flexibility index (Phi) is 5.54. The third-order valence-electron chi connectivity index (χ3n) is 7.06. The highest BCUT2D eigenvalue weighted by Gasteiger charge is 2.25. The van der Waals surface area contributed by atoms with Crippen molar-refractivity contribution in [2.45, 2.75) is 26.7 Å². The van der Waals surface area contributed by atoms with Gasteiger partial charge in [0.25, 0.3) is 0 Å². The lowest BCUT2D eigenvalue weighted by molar-refractivity contribution is 0.567. The Hall–Kier alpha value is -4.76. The van der Waals surface area contributed by atoms with Gasteiger partial charge >= 0.3 is 0 Å². The third-order valence-corrected chi connectivity index (χ3v) is 7.06. The third kappa shape index (κ3) is 4.25. The number of aromatic amines is 1. The predicted octanol–water partition coefficient (Wildman–Crippen LogP) is 7.57. The monoisotopic (exact) mass is 482 g/mol. The van der Waals surface area contributed by atoms with E-state index in [0.717, 1.165) is 68.5 Å². The number of fused-ring (bicyclic) bond motifs is 3. The molecule has 0 radical (unpaired) electrons. The second-order valence-corrected chi connectivity index (χ2v) is 9.89. The van der Waals surface area contributed by atoms with Gasteiger partial charge in [-0.05, 0) is 79.8 Å². The number of hydrogen-bond donors (Lipinski definition) is 2. The number of hydrogen-bond acceptors (Lipinski definition) is 5. The van der Waals surface area contributed by atoms with E-state index in [2.05, 4.69) is 68.9 Å². The number of rotatable bonds is 5. The summed E-state index contributed by atoms with van der Waals surface area (Å²) in [5.41, 5.74) is 7.86. The van der Waals surface area contributed by atoms with Gasteiger partial charge in [-0.25, -0.2) is 4.98 Å². The van der Waals surface area contributed by atoms with Crippen LogP contribution < -0.4 is 5.32 Å². The molecule has 5 aromatic rings. The molecule has 1 aliphatic rings. The molecule has 1 aliphatic carbocycles. The quantitative estimate of drug-likeness (QED) is 0.270. The number of pyridine rings is 2. The topological polar surface area (TPSA) is 90.3 Å². The Morgan fingerprint density at radius 3 is 2.62 bits per heavy atom. The lowest BCUT2D eigenvalue weighted by Crippen LogP contribution is -2.13. The van der Waals surface area contributed by atoms with E-state index in [1.165, 1.54) is 5.57 Å². The SMILES string of the molecule is CC(C)(C#N)C1=CC=C(c2n[nH]c3cnc4ccc(-c5cccc(Nc6ccccn6)c5)cc4c23)CC1. The maximum absolute atomic E-state index is 9.52. The average molecular weight is 483 g/mol. The number of allylic oxidation sites excluding steroid dienone is 4. The van der Waals surface area contributed by atoms with Crippen LogP contribution in [0.5, 0.6) is 0 Å². The molecule has 0 saturated heterocycles. The summed E-state index contributed by atoms with van der Waals surface area (Å²) in [5.74, 6) is 0.809. The van der Waals surface area contributed by atoms with Crippen LogP contribution in [0.3, 0.4) is 0 Å². The summed E-state index contributed by atoms with van der Waals surface area (Å²) in [5, 5.41) is 22.9. The van der Waals surface area contributed by atoms with E-state index in [9.17, 15) is 5.26 Å². The van der Waals surface area contributed by atoms with Crippen LogP contribution in [-0.2, 0) is 0 Å². The molecule has 2 aromatic carbocycles. The Bertz CT molecular complexity index is 1730. The van der Waals surface area contributed by atoms with Crippen LogP contribution in [0, 0.1) is 16.7 Å². The Morgan fingerprint density at radius 2 is 1.84 bits per heavy atom. The van der Waals surface area contributed by atoms with Gasteiger partial charge in [-0.15, -0.1) is 0 Å². The minimum Gasteiger partial charge on any atom is -0.340 e. The van der Waals surface area contributed by atoms with Gasteiger partial charge in [0.2, 0.25) is 0 Å². The minimum atomic E-state index is -0.457. The molecule has 6 nitrogen and oxygen atoms in total. The molecule has 0 fully saturated rings. The van der Waals surface area contributed by atoms with Crippen molar-refractivity contribution >= 4 is 38.9 Å². The smallest absolute Gasteiger partial charge is 0.130 e. The predicted molar refractivity (Wildman–Crippen MR) is 149 cm³/mol. The first-order chi connectivity index (χ1) is 18.0. The fraction of sp³-hybridized carbons (Fsp3) is 0.161. The van der Waals surface area contributed by atoms with Gasteiger partial charge in [0.05, 0.1) is 34.4 Å². The van der Waals surface area contributed by atoms with Crippen molar-refractivity contribution in [3.05, 3.63) is 96.5 Å². The van der Waals surface area contributed by atoms with Gasteiger partial charge in [0.1, 0.15) is 5.82 Å². The standard InChI is InChI=1S/C31H26N6/c1-31(2,19-32)23-12-9-20(10-13-23)30-29-25-17-22(11-14-26(25)34-18-27(29)36-37-30)21-6-5-7-24(16-21)35-28-8-3-4-15-33-28/h3-9,11-12,14-18H,10,13H2,1-2H3,(H,33,35)(H,36,37). The Morgan fingerprint density at radius 1 is 0.946 bits per heavy atom. The molecule has 0 aliphatic heterocycles. The summed E-state index contributed by atoms with van der Waals surface area (Å²) in [6, 6.07) is 23.0. The van der Waals surface area contributed by atoms with Crippen molar-refractivity contribution in [2.75, 3.05) is 5.32 Å². The van der Waals surface area contributed by atoms with Crippen LogP contribution >= 0.6 is 0 Å². The van der Waals surface area contributed by atoms with Gasteiger partial charge in [-0.1, -0.05) is 42.0 Å². The summed E-state index contributed by atoms with van der Waals surface area (Å²) >= 11 is 0. The summed E-state index contributed by atoms with van der Waals surface area (Å²) in [6.45, 7) is 3.95. The fourth-order valence-corrected chi connectivity index (χ4v) is 4.90. The van der Waals surface area contributed by atoms with E-state index < -0.39 is 5.41 Å². The van der Waals surface area contributed by atoms with E-state index in [0.29, 0.717) is 0 Å². The molecule has 0 unspecified atom stereocenters. The van der Waals surface area contributed by atoms with Crippen LogP contribution in [0.15, 0.2) is 90.8 Å². The first kappa shape index (κ1) is 22.7. The van der Waals surface area contributed by atoms with Crippen molar-refractivity contribution in [1.29, 1.82) is 5.26 Å². The summed E-state index contributed by atoms with van der Waals surface area (Å²) in [7, 11) is 0. The number of nitrogens with one attached hydrogen (secondary N) is 2. The normalized spacial score (nSPS) is 13.8. The zero-order valence-corrected chi connectivity index (χ0v) is 20.8. The molecule has 0 atom stereocenters. The number of aromatic nitrogens is 4. The van der Waals surface area contributed by atoms with Gasteiger partial charge in [0, 0.05) is 22.7 Å². The second-order valence-electron chi connectivity index (χ2n) is 9.89. The fourth-order valence-electron chi connectivity index (χ4n) is 4.90. The lowest BCUT2D eigenvalue weighted by Gasteiger charge is -2.23. The minimum absolute atomic E-state index is 0.457. The van der Waals surface area contributed by atoms with E-state index in [1.807, 2.05) is 50.4 Å². The van der Waals surface area contributed by atoms with Crippen LogP contribution in [0.1, 0.15) is 32.4 Å². The average Bonchev–Trinajstić information content (AvgIpc) is 3.38. The number of nitriles is 1. The molecule has 0 amide bonds. The Balaban J connectivity index is 1.42. The summed E-state index contributed by atoms with van der Waals surface area (Å²) in [6.07, 6.45) is 9.55. The van der Waals surface area contributed by atoms with Gasteiger partial charge in [0.15, 0.2) is 0 Å². The largest absolute Gasteiger partial charge is 0.340 e. The number of nitrogens with zero attached hydrogens (tertiary/aromatic N) is 4. The van der Waals surface area contributed by atoms with E-state index in [4.69, 9.17) is 5.10 Å². The van der Waals surface area contributed by atoms with Crippen molar-refractivity contribution in [3.63, 3.8) is 0 Å². The van der Waals surface area contributed by atoms with Crippen LogP contribution in [0.4, 0.5) is 11.5 Å². The molecule has 180 valence electrons. The number of anilines is 2. The van der Waals surface area contributed by atoms with Crippen molar-refractivity contribution in [2.24, 2.45) is 5.41 Å². The highest BCUT2D eigenvalue weighted by Crippen LogP contribution is 2.39. The first-order valence-corrected chi connectivity index (χ1v) is 12.4. The molecule has 0 saturated carbocycles. The molecule has 6 rings (SSSR count). The Labute approximate surface area is 215 Å². The van der Waals surface area contributed by atoms with E-state index >= 15 is 0 Å². The summed E-state index contributed by atoms with van der Waals surface area (Å²) < 4.78 is 0. The van der Waals surface area contributed by atoms with Crippen molar-refractivity contribution in [1.82, 2.24) is 20.2 Å². The van der Waals surface area contributed by atoms with E-state index in [1.54, 1.807) is 6.20 Å². The zero-order valence-electron chi connectivity index (χ0n) is 20.8. The molecule has 37 heavy (non-hydrogen) atoms. The number of benzene rings is 2. The van der Waals surface area contributed by atoms with Gasteiger partial charge < -0.3 is 5.32 Å². The molecule has 3 heterocycles. The zero-order chi connectivity index (χ0) is 25.4. The maximum Gasteiger partial charge on any atom is 0.130 e. The van der Waals surface area contributed by atoms with Gasteiger partial charge in [-0.2, -0.15) is 10.4 Å². The molecular weight excluding hydrogens is 456 g/mol. The first-order valence-electron chi connectivity index (χ1n) is 12.4. The maximum atomic E-state index is 9.52. The van der Waals surface area contributed by atoms with Crippen LogP contribution in [0.25, 0.3) is 38.5 Å². The van der Waals surface area contributed by atoms with Crippen molar-refractivity contribution < 1.29 is 0 Å². The molecule has 0 spiro atoms. The highest BCUT2D eigenvalue weighted by atomic mass is 15.1. The molecule has 0 bridgehead atoms. The van der Waals surface area contributed by atoms with Crippen LogP contribution in [0.2, 0.25) is 0 Å².